The summed E-state index contributed by atoms with van der Waals surface area (Å²) in [7, 11) is 0. The van der Waals surface area contributed by atoms with Gasteiger partial charge in [0.2, 0.25) is 5.91 Å². The van der Waals surface area contributed by atoms with Crippen LogP contribution < -0.4 is 10.2 Å². The minimum atomic E-state index is -0.165. The molecule has 0 radical (unpaired) electrons. The third-order valence-corrected chi connectivity index (χ3v) is 3.87. The van der Waals surface area contributed by atoms with E-state index >= 15 is 0 Å². The van der Waals surface area contributed by atoms with E-state index in [1.807, 2.05) is 43.3 Å². The molecule has 6 nitrogen and oxygen atoms in total. The highest BCUT2D eigenvalue weighted by molar-refractivity contribution is 5.91. The van der Waals surface area contributed by atoms with Gasteiger partial charge in [-0.2, -0.15) is 0 Å². The number of amides is 1. The molecule has 1 aliphatic heterocycles. The molecule has 0 unspecified atom stereocenters. The Balaban J connectivity index is 1.59. The second kappa shape index (κ2) is 8.39. The van der Waals surface area contributed by atoms with E-state index in [9.17, 15) is 4.79 Å². The molecule has 2 heterocycles. The van der Waals surface area contributed by atoms with E-state index in [1.165, 1.54) is 6.08 Å². The van der Waals surface area contributed by atoms with Crippen LogP contribution >= 0.6 is 0 Å². The Morgan fingerprint density at radius 1 is 1.24 bits per heavy atom. The molecule has 3 rings (SSSR count). The lowest BCUT2D eigenvalue weighted by Crippen LogP contribution is -2.37. The number of nitrogens with zero attached hydrogens (tertiary/aromatic N) is 3. The number of ether oxygens (including phenoxy) is 1. The number of rotatable bonds is 5. The van der Waals surface area contributed by atoms with Gasteiger partial charge in [0.15, 0.2) is 0 Å². The van der Waals surface area contributed by atoms with Crippen LogP contribution in [-0.2, 0) is 16.1 Å². The molecule has 1 fully saturated rings. The molecule has 1 N–H and O–H groups in total. The van der Waals surface area contributed by atoms with Gasteiger partial charge in [-0.05, 0) is 18.6 Å². The zero-order valence-electron chi connectivity index (χ0n) is 14.3. The number of nitrogens with one attached hydrogen (secondary N) is 1. The van der Waals surface area contributed by atoms with E-state index in [0.29, 0.717) is 25.6 Å². The van der Waals surface area contributed by atoms with Crippen molar-refractivity contribution >= 4 is 17.8 Å². The van der Waals surface area contributed by atoms with Crippen LogP contribution in [0.25, 0.3) is 6.08 Å². The van der Waals surface area contributed by atoms with E-state index in [4.69, 9.17) is 4.74 Å². The number of carbonyl (C=O) groups excluding carboxylic acids is 1. The first-order valence-electron chi connectivity index (χ1n) is 8.39. The number of anilines is 1. The van der Waals surface area contributed by atoms with E-state index in [2.05, 4.69) is 20.2 Å². The van der Waals surface area contributed by atoms with Crippen LogP contribution in [0.3, 0.4) is 0 Å². The lowest BCUT2D eigenvalue weighted by Gasteiger charge is -2.28. The first kappa shape index (κ1) is 17.1. The van der Waals surface area contributed by atoms with Crippen molar-refractivity contribution in [3.05, 3.63) is 59.6 Å². The molecule has 2 aromatic rings. The Bertz CT molecular complexity index is 740. The second-order valence-corrected chi connectivity index (χ2v) is 5.84. The SMILES string of the molecule is Cc1cc(N2CCOCC2)nc(CNC(=O)C=Cc2ccccc2)n1. The van der Waals surface area contributed by atoms with Crippen molar-refractivity contribution < 1.29 is 9.53 Å². The monoisotopic (exact) mass is 338 g/mol. The highest BCUT2D eigenvalue weighted by Gasteiger charge is 2.14. The average molecular weight is 338 g/mol. The van der Waals surface area contributed by atoms with Crippen molar-refractivity contribution in [3.8, 4) is 0 Å². The highest BCUT2D eigenvalue weighted by Crippen LogP contribution is 2.14. The van der Waals surface area contributed by atoms with Crippen LogP contribution in [0.1, 0.15) is 17.1 Å². The zero-order chi connectivity index (χ0) is 17.5. The molecule has 1 aromatic carbocycles. The van der Waals surface area contributed by atoms with Crippen LogP contribution in [0, 0.1) is 6.92 Å². The fraction of sp³-hybridized carbons (Fsp3) is 0.316. The van der Waals surface area contributed by atoms with E-state index in [1.54, 1.807) is 6.08 Å². The molecule has 0 aliphatic carbocycles. The van der Waals surface area contributed by atoms with Gasteiger partial charge in [-0.25, -0.2) is 9.97 Å². The lowest BCUT2D eigenvalue weighted by atomic mass is 10.2. The van der Waals surface area contributed by atoms with Crippen LogP contribution in [-0.4, -0.2) is 42.2 Å². The Morgan fingerprint density at radius 2 is 2.00 bits per heavy atom. The van der Waals surface area contributed by atoms with E-state index in [0.717, 1.165) is 30.2 Å². The maximum atomic E-state index is 12.0. The van der Waals surface area contributed by atoms with E-state index in [-0.39, 0.29) is 5.91 Å². The number of carbonyl (C=O) groups is 1. The molecule has 0 bridgehead atoms. The molecular formula is C19H22N4O2. The topological polar surface area (TPSA) is 67.3 Å². The number of hydrogen-bond acceptors (Lipinski definition) is 5. The fourth-order valence-corrected chi connectivity index (χ4v) is 2.61. The van der Waals surface area contributed by atoms with Crippen LogP contribution in [0.2, 0.25) is 0 Å². The molecule has 1 aromatic heterocycles. The van der Waals surface area contributed by atoms with Gasteiger partial charge in [-0.1, -0.05) is 30.3 Å². The molecule has 1 saturated heterocycles. The second-order valence-electron chi connectivity index (χ2n) is 5.84. The number of aryl methyl sites for hydroxylation is 1. The Morgan fingerprint density at radius 3 is 2.76 bits per heavy atom. The fourth-order valence-electron chi connectivity index (χ4n) is 2.61. The summed E-state index contributed by atoms with van der Waals surface area (Å²) in [6, 6.07) is 11.7. The van der Waals surface area contributed by atoms with Crippen LogP contribution in [0.4, 0.5) is 5.82 Å². The molecule has 1 amide bonds. The standard InChI is InChI=1S/C19H22N4O2/c1-15-13-18(23-9-11-25-12-10-23)22-17(21-15)14-20-19(24)8-7-16-5-3-2-4-6-16/h2-8,13H,9-12,14H2,1H3,(H,20,24). The van der Waals surface area contributed by atoms with Crippen molar-refractivity contribution in [2.45, 2.75) is 13.5 Å². The minimum Gasteiger partial charge on any atom is -0.378 e. The van der Waals surface area contributed by atoms with Gasteiger partial charge in [0.1, 0.15) is 11.6 Å². The first-order chi connectivity index (χ1) is 12.2. The van der Waals surface area contributed by atoms with Crippen molar-refractivity contribution in [1.29, 1.82) is 0 Å². The van der Waals surface area contributed by atoms with Crippen molar-refractivity contribution in [3.63, 3.8) is 0 Å². The Hall–Kier alpha value is -2.73. The largest absolute Gasteiger partial charge is 0.378 e. The summed E-state index contributed by atoms with van der Waals surface area (Å²) >= 11 is 0. The normalized spacial score (nSPS) is 14.7. The van der Waals surface area contributed by atoms with Crippen molar-refractivity contribution in [2.24, 2.45) is 0 Å². The Labute approximate surface area is 147 Å². The van der Waals surface area contributed by atoms with Crippen molar-refractivity contribution in [1.82, 2.24) is 15.3 Å². The molecule has 0 atom stereocenters. The number of hydrogen-bond donors (Lipinski definition) is 1. The third-order valence-electron chi connectivity index (χ3n) is 3.87. The number of aromatic nitrogens is 2. The summed E-state index contributed by atoms with van der Waals surface area (Å²) in [5.41, 5.74) is 1.87. The summed E-state index contributed by atoms with van der Waals surface area (Å²) in [6.07, 6.45) is 3.31. The Kier molecular flexibility index (Phi) is 5.74. The highest BCUT2D eigenvalue weighted by atomic mass is 16.5. The first-order valence-corrected chi connectivity index (χ1v) is 8.39. The lowest BCUT2D eigenvalue weighted by molar-refractivity contribution is -0.116. The number of morpholine rings is 1. The molecular weight excluding hydrogens is 316 g/mol. The predicted molar refractivity (Wildman–Crippen MR) is 97.1 cm³/mol. The van der Waals surface area contributed by atoms with Gasteiger partial charge in [0, 0.05) is 30.9 Å². The van der Waals surface area contributed by atoms with Gasteiger partial charge < -0.3 is 15.0 Å². The smallest absolute Gasteiger partial charge is 0.244 e. The van der Waals surface area contributed by atoms with Gasteiger partial charge in [-0.15, -0.1) is 0 Å². The van der Waals surface area contributed by atoms with Crippen molar-refractivity contribution in [2.75, 3.05) is 31.2 Å². The third kappa shape index (κ3) is 5.12. The summed E-state index contributed by atoms with van der Waals surface area (Å²) in [4.78, 5) is 23.1. The maximum absolute atomic E-state index is 12.0. The van der Waals surface area contributed by atoms with Gasteiger partial charge in [0.25, 0.3) is 0 Å². The van der Waals surface area contributed by atoms with Gasteiger partial charge in [-0.3, -0.25) is 4.79 Å². The maximum Gasteiger partial charge on any atom is 0.244 e. The zero-order valence-corrected chi connectivity index (χ0v) is 14.3. The predicted octanol–water partition coefficient (Wildman–Crippen LogP) is 1.95. The molecule has 1 aliphatic rings. The molecule has 6 heteroatoms. The van der Waals surface area contributed by atoms with E-state index < -0.39 is 0 Å². The summed E-state index contributed by atoms with van der Waals surface area (Å²) < 4.78 is 5.37. The summed E-state index contributed by atoms with van der Waals surface area (Å²) in [6.45, 7) is 5.30. The van der Waals surface area contributed by atoms with Crippen LogP contribution in [0.5, 0.6) is 0 Å². The average Bonchev–Trinajstić information content (AvgIpc) is 2.66. The molecule has 0 spiro atoms. The molecule has 0 saturated carbocycles. The van der Waals surface area contributed by atoms with Gasteiger partial charge >= 0.3 is 0 Å². The summed E-state index contributed by atoms with van der Waals surface area (Å²) in [5.74, 6) is 1.34. The quantitative estimate of drug-likeness (QED) is 0.844. The van der Waals surface area contributed by atoms with Gasteiger partial charge in [0.05, 0.1) is 19.8 Å². The summed E-state index contributed by atoms with van der Waals surface area (Å²) in [5, 5.41) is 2.83. The number of benzene rings is 1. The minimum absolute atomic E-state index is 0.165. The van der Waals surface area contributed by atoms with Crippen LogP contribution in [0.15, 0.2) is 42.5 Å². The molecule has 25 heavy (non-hydrogen) atoms. The molecule has 130 valence electrons.